The van der Waals surface area contributed by atoms with Gasteiger partial charge in [0, 0.05) is 6.54 Å². The smallest absolute Gasteiger partial charge is 0.0897 e. The van der Waals surface area contributed by atoms with E-state index in [0.29, 0.717) is 25.2 Å². The zero-order valence-electron chi connectivity index (χ0n) is 12.1. The highest BCUT2D eigenvalue weighted by Gasteiger charge is 2.26. The van der Waals surface area contributed by atoms with Gasteiger partial charge in [0.05, 0.1) is 24.9 Å². The SMILES string of the molecule is CC1CCC(OCC(O)CNCC2CC(O)C2)CC1. The van der Waals surface area contributed by atoms with Crippen molar-refractivity contribution in [3.8, 4) is 0 Å². The Hall–Kier alpha value is -0.160. The maximum atomic E-state index is 9.85. The van der Waals surface area contributed by atoms with Gasteiger partial charge in [-0.3, -0.25) is 0 Å². The predicted octanol–water partition coefficient (Wildman–Crippen LogP) is 1.30. The molecule has 2 rings (SSSR count). The highest BCUT2D eigenvalue weighted by molar-refractivity contribution is 4.80. The van der Waals surface area contributed by atoms with Gasteiger partial charge >= 0.3 is 0 Å². The van der Waals surface area contributed by atoms with Gasteiger partial charge in [0.15, 0.2) is 0 Å². The average molecular weight is 271 g/mol. The first kappa shape index (κ1) is 15.2. The van der Waals surface area contributed by atoms with Gasteiger partial charge < -0.3 is 20.3 Å². The Morgan fingerprint density at radius 1 is 1.21 bits per heavy atom. The Morgan fingerprint density at radius 2 is 1.89 bits per heavy atom. The first-order valence-electron chi connectivity index (χ1n) is 7.82. The fourth-order valence-electron chi connectivity index (χ4n) is 3.02. The summed E-state index contributed by atoms with van der Waals surface area (Å²) in [4.78, 5) is 0. The van der Waals surface area contributed by atoms with Crippen LogP contribution in [0.4, 0.5) is 0 Å². The number of hydrogen-bond donors (Lipinski definition) is 3. The van der Waals surface area contributed by atoms with Gasteiger partial charge in [-0.15, -0.1) is 0 Å². The van der Waals surface area contributed by atoms with E-state index in [0.717, 1.165) is 38.1 Å². The maximum absolute atomic E-state index is 9.85. The molecule has 0 amide bonds. The molecule has 4 nitrogen and oxygen atoms in total. The molecule has 0 spiro atoms. The fraction of sp³-hybridized carbons (Fsp3) is 1.00. The van der Waals surface area contributed by atoms with Crippen molar-refractivity contribution in [2.75, 3.05) is 19.7 Å². The van der Waals surface area contributed by atoms with Crippen LogP contribution in [0.25, 0.3) is 0 Å². The Labute approximate surface area is 116 Å². The topological polar surface area (TPSA) is 61.7 Å². The monoisotopic (exact) mass is 271 g/mol. The van der Waals surface area contributed by atoms with Crippen LogP contribution >= 0.6 is 0 Å². The molecule has 0 bridgehead atoms. The molecule has 2 aliphatic carbocycles. The van der Waals surface area contributed by atoms with Crippen molar-refractivity contribution in [3.63, 3.8) is 0 Å². The van der Waals surface area contributed by atoms with E-state index < -0.39 is 6.10 Å². The third kappa shape index (κ3) is 5.38. The number of ether oxygens (including phenoxy) is 1. The molecule has 1 unspecified atom stereocenters. The summed E-state index contributed by atoms with van der Waals surface area (Å²) < 4.78 is 5.78. The molecular weight excluding hydrogens is 242 g/mol. The van der Waals surface area contributed by atoms with Crippen LogP contribution in [0, 0.1) is 11.8 Å². The molecule has 0 aromatic carbocycles. The second kappa shape index (κ2) is 7.58. The molecule has 2 aliphatic rings. The number of rotatable bonds is 7. The summed E-state index contributed by atoms with van der Waals surface area (Å²) in [6.07, 6.45) is 6.44. The first-order chi connectivity index (χ1) is 9.13. The Kier molecular flexibility index (Phi) is 6.07. The van der Waals surface area contributed by atoms with Gasteiger partial charge in [-0.25, -0.2) is 0 Å². The van der Waals surface area contributed by atoms with E-state index in [-0.39, 0.29) is 6.10 Å². The third-order valence-corrected chi connectivity index (χ3v) is 4.51. The molecule has 112 valence electrons. The van der Waals surface area contributed by atoms with E-state index in [1.165, 1.54) is 12.8 Å². The minimum Gasteiger partial charge on any atom is -0.393 e. The summed E-state index contributed by atoms with van der Waals surface area (Å²) in [5, 5.41) is 22.3. The number of aliphatic hydroxyl groups is 2. The molecular formula is C15H29NO3. The first-order valence-corrected chi connectivity index (χ1v) is 7.82. The molecule has 0 saturated heterocycles. The van der Waals surface area contributed by atoms with Crippen molar-refractivity contribution >= 4 is 0 Å². The number of hydrogen-bond acceptors (Lipinski definition) is 4. The van der Waals surface area contributed by atoms with E-state index in [1.807, 2.05) is 0 Å². The molecule has 0 aliphatic heterocycles. The molecule has 2 saturated carbocycles. The van der Waals surface area contributed by atoms with Crippen LogP contribution in [-0.2, 0) is 4.74 Å². The van der Waals surface area contributed by atoms with Crippen molar-refractivity contribution < 1.29 is 14.9 Å². The minimum absolute atomic E-state index is 0.0891. The van der Waals surface area contributed by atoms with Gasteiger partial charge in [0.25, 0.3) is 0 Å². The normalized spacial score (nSPS) is 36.8. The molecule has 2 fully saturated rings. The van der Waals surface area contributed by atoms with E-state index in [4.69, 9.17) is 4.74 Å². The van der Waals surface area contributed by atoms with E-state index >= 15 is 0 Å². The lowest BCUT2D eigenvalue weighted by Gasteiger charge is -2.32. The van der Waals surface area contributed by atoms with Crippen LogP contribution in [-0.4, -0.2) is 48.2 Å². The highest BCUT2D eigenvalue weighted by Crippen LogP contribution is 2.26. The fourth-order valence-corrected chi connectivity index (χ4v) is 3.02. The lowest BCUT2D eigenvalue weighted by molar-refractivity contribution is -0.0288. The Morgan fingerprint density at radius 3 is 2.53 bits per heavy atom. The molecule has 3 N–H and O–H groups in total. The van der Waals surface area contributed by atoms with E-state index in [2.05, 4.69) is 12.2 Å². The summed E-state index contributed by atoms with van der Waals surface area (Å²) in [7, 11) is 0. The molecule has 4 heteroatoms. The third-order valence-electron chi connectivity index (χ3n) is 4.51. The van der Waals surface area contributed by atoms with Crippen LogP contribution < -0.4 is 5.32 Å². The zero-order chi connectivity index (χ0) is 13.7. The van der Waals surface area contributed by atoms with Gasteiger partial charge in [0.2, 0.25) is 0 Å². The van der Waals surface area contributed by atoms with E-state index in [9.17, 15) is 10.2 Å². The summed E-state index contributed by atoms with van der Waals surface area (Å²) in [6, 6.07) is 0. The van der Waals surface area contributed by atoms with Crippen molar-refractivity contribution in [3.05, 3.63) is 0 Å². The van der Waals surface area contributed by atoms with Crippen LogP contribution in [0.15, 0.2) is 0 Å². The molecule has 1 atom stereocenters. The lowest BCUT2D eigenvalue weighted by Crippen LogP contribution is -2.40. The second-order valence-corrected chi connectivity index (χ2v) is 6.52. The van der Waals surface area contributed by atoms with Crippen molar-refractivity contribution in [1.82, 2.24) is 5.32 Å². The van der Waals surface area contributed by atoms with E-state index in [1.54, 1.807) is 0 Å². The lowest BCUT2D eigenvalue weighted by atomic mass is 9.82. The van der Waals surface area contributed by atoms with Crippen LogP contribution in [0.2, 0.25) is 0 Å². The standard InChI is InChI=1S/C15H29NO3/c1-11-2-4-15(5-3-11)19-10-14(18)9-16-8-12-6-13(17)7-12/h11-18H,2-10H2,1H3. The summed E-state index contributed by atoms with van der Waals surface area (Å²) in [6.45, 7) is 4.23. The molecule has 0 heterocycles. The van der Waals surface area contributed by atoms with Crippen LogP contribution in [0.3, 0.4) is 0 Å². The molecule has 0 aromatic heterocycles. The van der Waals surface area contributed by atoms with Gasteiger partial charge in [-0.05, 0) is 56.9 Å². The minimum atomic E-state index is -0.413. The largest absolute Gasteiger partial charge is 0.393 e. The Balaban J connectivity index is 1.46. The zero-order valence-corrected chi connectivity index (χ0v) is 12.1. The van der Waals surface area contributed by atoms with Gasteiger partial charge in [-0.1, -0.05) is 6.92 Å². The van der Waals surface area contributed by atoms with Gasteiger partial charge in [0.1, 0.15) is 0 Å². The van der Waals surface area contributed by atoms with Crippen molar-refractivity contribution in [2.24, 2.45) is 11.8 Å². The predicted molar refractivity (Wildman–Crippen MR) is 75.0 cm³/mol. The number of nitrogens with one attached hydrogen (secondary N) is 1. The molecule has 0 radical (unpaired) electrons. The van der Waals surface area contributed by atoms with Crippen LogP contribution in [0.1, 0.15) is 45.4 Å². The quantitative estimate of drug-likeness (QED) is 0.653. The van der Waals surface area contributed by atoms with Crippen molar-refractivity contribution in [1.29, 1.82) is 0 Å². The summed E-state index contributed by atoms with van der Waals surface area (Å²) in [5.74, 6) is 1.42. The van der Waals surface area contributed by atoms with Crippen LogP contribution in [0.5, 0.6) is 0 Å². The number of aliphatic hydroxyl groups excluding tert-OH is 2. The summed E-state index contributed by atoms with van der Waals surface area (Å²) >= 11 is 0. The van der Waals surface area contributed by atoms with Crippen molar-refractivity contribution in [2.45, 2.75) is 63.8 Å². The highest BCUT2D eigenvalue weighted by atomic mass is 16.5. The van der Waals surface area contributed by atoms with Gasteiger partial charge in [-0.2, -0.15) is 0 Å². The Bertz CT molecular complexity index is 248. The molecule has 0 aromatic rings. The molecule has 19 heavy (non-hydrogen) atoms. The maximum Gasteiger partial charge on any atom is 0.0897 e. The average Bonchev–Trinajstić information content (AvgIpc) is 2.36. The summed E-state index contributed by atoms with van der Waals surface area (Å²) in [5.41, 5.74) is 0. The second-order valence-electron chi connectivity index (χ2n) is 6.52.